The number of rotatable bonds is 3. The Balaban J connectivity index is 3.31. The minimum atomic E-state index is -1.08. The van der Waals surface area contributed by atoms with Crippen LogP contribution in [0.15, 0.2) is 4.60 Å². The van der Waals surface area contributed by atoms with E-state index in [2.05, 4.69) is 20.9 Å². The minimum absolute atomic E-state index is 0.0694. The summed E-state index contributed by atoms with van der Waals surface area (Å²) in [6, 6.07) is -0.902. The van der Waals surface area contributed by atoms with E-state index in [4.69, 9.17) is 5.11 Å². The largest absolute Gasteiger partial charge is 0.480 e. The molecule has 0 aliphatic rings. The summed E-state index contributed by atoms with van der Waals surface area (Å²) in [5.41, 5.74) is 0. The van der Waals surface area contributed by atoms with Crippen molar-refractivity contribution < 1.29 is 14.8 Å². The number of carboxylic acid groups (broad SMARTS) is 1. The molecule has 8 heteroatoms. The van der Waals surface area contributed by atoms with E-state index in [-0.39, 0.29) is 16.2 Å². The molecule has 0 unspecified atom stereocenters. The number of nitro groups is 1. The molecular weight excluding hydrogens is 270 g/mol. The van der Waals surface area contributed by atoms with Crippen LogP contribution in [-0.2, 0) is 4.79 Å². The van der Waals surface area contributed by atoms with Crippen molar-refractivity contribution in [3.8, 4) is 0 Å². The zero-order chi connectivity index (χ0) is 11.7. The first-order valence-electron chi connectivity index (χ1n) is 3.97. The first-order valence-corrected chi connectivity index (χ1v) is 4.77. The summed E-state index contributed by atoms with van der Waals surface area (Å²) in [5, 5.41) is 19.3. The highest BCUT2D eigenvalue weighted by molar-refractivity contribution is 9.10. The zero-order valence-corrected chi connectivity index (χ0v) is 9.55. The Morgan fingerprint density at radius 2 is 2.27 bits per heavy atom. The molecule has 0 spiro atoms. The summed E-state index contributed by atoms with van der Waals surface area (Å²) >= 11 is 2.97. The van der Waals surface area contributed by atoms with Crippen molar-refractivity contribution in [3.63, 3.8) is 0 Å². The van der Waals surface area contributed by atoms with Gasteiger partial charge in [0.2, 0.25) is 5.82 Å². The van der Waals surface area contributed by atoms with E-state index >= 15 is 0 Å². The maximum atomic E-state index is 10.7. The van der Waals surface area contributed by atoms with Crippen LogP contribution >= 0.6 is 15.9 Å². The third-order valence-corrected chi connectivity index (χ3v) is 2.67. The molecule has 7 nitrogen and oxygen atoms in total. The third-order valence-electron chi connectivity index (χ3n) is 1.93. The number of hydrogen-bond donors (Lipinski definition) is 1. The van der Waals surface area contributed by atoms with Gasteiger partial charge in [-0.25, -0.2) is 4.79 Å². The summed E-state index contributed by atoms with van der Waals surface area (Å²) in [6.45, 7) is 2.93. The fourth-order valence-corrected chi connectivity index (χ4v) is 1.98. The molecule has 0 bridgehead atoms. The summed E-state index contributed by atoms with van der Waals surface area (Å²) in [4.78, 5) is 24.3. The predicted octanol–water partition coefficient (Wildman–Crippen LogP) is 1.51. The van der Waals surface area contributed by atoms with Crippen LogP contribution in [0.25, 0.3) is 0 Å². The van der Waals surface area contributed by atoms with E-state index in [9.17, 15) is 14.9 Å². The van der Waals surface area contributed by atoms with Gasteiger partial charge in [-0.05, 0) is 32.8 Å². The molecule has 82 valence electrons. The van der Waals surface area contributed by atoms with Gasteiger partial charge < -0.3 is 15.2 Å². The average molecular weight is 278 g/mol. The van der Waals surface area contributed by atoms with Crippen molar-refractivity contribution in [1.29, 1.82) is 0 Å². The average Bonchev–Trinajstić information content (AvgIpc) is 2.41. The highest BCUT2D eigenvalue weighted by Crippen LogP contribution is 2.28. The Morgan fingerprint density at radius 1 is 1.73 bits per heavy atom. The Hall–Kier alpha value is -1.44. The lowest BCUT2D eigenvalue weighted by atomic mass is 10.3. The number of nitrogens with zero attached hydrogens (tertiary/aromatic N) is 3. The number of carboxylic acids is 1. The number of imidazole rings is 1. The molecule has 15 heavy (non-hydrogen) atoms. The topological polar surface area (TPSA) is 98.3 Å². The maximum Gasteiger partial charge on any atom is 0.396 e. The smallest absolute Gasteiger partial charge is 0.396 e. The third kappa shape index (κ3) is 1.99. The van der Waals surface area contributed by atoms with E-state index in [0.29, 0.717) is 0 Å². The van der Waals surface area contributed by atoms with Crippen LogP contribution in [0.5, 0.6) is 0 Å². The highest BCUT2D eigenvalue weighted by Gasteiger charge is 2.28. The van der Waals surface area contributed by atoms with Crippen LogP contribution in [0.4, 0.5) is 5.82 Å². The molecule has 0 saturated carbocycles. The normalized spacial score (nSPS) is 12.5. The van der Waals surface area contributed by atoms with Gasteiger partial charge in [-0.1, -0.05) is 0 Å². The summed E-state index contributed by atoms with van der Waals surface area (Å²) < 4.78 is 1.32. The number of carbonyl (C=O) groups is 1. The lowest BCUT2D eigenvalue weighted by molar-refractivity contribution is -0.390. The van der Waals surface area contributed by atoms with Crippen molar-refractivity contribution in [1.82, 2.24) is 9.55 Å². The van der Waals surface area contributed by atoms with Crippen molar-refractivity contribution in [2.24, 2.45) is 0 Å². The van der Waals surface area contributed by atoms with Gasteiger partial charge in [0.05, 0.1) is 0 Å². The van der Waals surface area contributed by atoms with Crippen molar-refractivity contribution in [2.75, 3.05) is 0 Å². The number of aryl methyl sites for hydroxylation is 1. The Kier molecular flexibility index (Phi) is 3.08. The van der Waals surface area contributed by atoms with Gasteiger partial charge in [0.1, 0.15) is 6.04 Å². The van der Waals surface area contributed by atoms with Gasteiger partial charge in [0, 0.05) is 6.92 Å². The first-order chi connectivity index (χ1) is 6.86. The van der Waals surface area contributed by atoms with Crippen LogP contribution in [0.1, 0.15) is 18.8 Å². The standard InChI is InChI=1S/C7H8BrN3O4/c1-3(7(12)13)10-4(2)9-6(5(10)8)11(14)15/h3H,1-2H3,(H,12,13)/t3-/m0/s1. The van der Waals surface area contributed by atoms with E-state index in [1.807, 2.05) is 0 Å². The second kappa shape index (κ2) is 3.97. The molecule has 0 saturated heterocycles. The molecule has 0 amide bonds. The summed E-state index contributed by atoms with van der Waals surface area (Å²) in [7, 11) is 0. The van der Waals surface area contributed by atoms with E-state index in [1.165, 1.54) is 18.4 Å². The van der Waals surface area contributed by atoms with Crippen LogP contribution in [-0.4, -0.2) is 25.6 Å². The van der Waals surface area contributed by atoms with E-state index in [0.717, 1.165) is 0 Å². The Bertz CT molecular complexity index is 428. The van der Waals surface area contributed by atoms with Crippen LogP contribution < -0.4 is 0 Å². The molecule has 0 aliphatic heterocycles. The number of aliphatic carboxylic acids is 1. The van der Waals surface area contributed by atoms with Gasteiger partial charge in [-0.2, -0.15) is 0 Å². The second-order valence-corrected chi connectivity index (χ2v) is 3.67. The van der Waals surface area contributed by atoms with Gasteiger partial charge in [-0.15, -0.1) is 0 Å². The lowest BCUT2D eigenvalue weighted by Crippen LogP contribution is -2.17. The van der Waals surface area contributed by atoms with Crippen LogP contribution in [0, 0.1) is 17.0 Å². The van der Waals surface area contributed by atoms with Gasteiger partial charge in [-0.3, -0.25) is 4.57 Å². The van der Waals surface area contributed by atoms with Crippen molar-refractivity contribution in [3.05, 3.63) is 20.5 Å². The van der Waals surface area contributed by atoms with Crippen LogP contribution in [0.3, 0.4) is 0 Å². The van der Waals surface area contributed by atoms with Gasteiger partial charge in [0.25, 0.3) is 0 Å². The van der Waals surface area contributed by atoms with E-state index in [1.54, 1.807) is 0 Å². The fourth-order valence-electron chi connectivity index (χ4n) is 1.18. The molecule has 1 atom stereocenters. The first kappa shape index (κ1) is 11.6. The van der Waals surface area contributed by atoms with Crippen molar-refractivity contribution in [2.45, 2.75) is 19.9 Å². The molecule has 1 N–H and O–H groups in total. The number of hydrogen-bond acceptors (Lipinski definition) is 4. The molecule has 0 radical (unpaired) electrons. The molecular formula is C7H8BrN3O4. The van der Waals surface area contributed by atoms with E-state index < -0.39 is 16.9 Å². The fraction of sp³-hybridized carbons (Fsp3) is 0.429. The number of halogens is 1. The molecule has 1 heterocycles. The monoisotopic (exact) mass is 277 g/mol. The lowest BCUT2D eigenvalue weighted by Gasteiger charge is -2.08. The Labute approximate surface area is 93.0 Å². The quantitative estimate of drug-likeness (QED) is 0.667. The zero-order valence-electron chi connectivity index (χ0n) is 7.97. The van der Waals surface area contributed by atoms with Gasteiger partial charge >= 0.3 is 11.8 Å². The Morgan fingerprint density at radius 3 is 2.60 bits per heavy atom. The molecule has 1 aromatic heterocycles. The minimum Gasteiger partial charge on any atom is -0.480 e. The molecule has 0 aromatic carbocycles. The molecule has 1 rings (SSSR count). The molecule has 0 aliphatic carbocycles. The maximum absolute atomic E-state index is 10.7. The van der Waals surface area contributed by atoms with Crippen LogP contribution in [0.2, 0.25) is 0 Å². The van der Waals surface area contributed by atoms with Crippen molar-refractivity contribution >= 4 is 27.7 Å². The predicted molar refractivity (Wildman–Crippen MR) is 53.7 cm³/mol. The second-order valence-electron chi connectivity index (χ2n) is 2.91. The summed E-state index contributed by atoms with van der Waals surface area (Å²) in [5.74, 6) is -1.17. The molecule has 1 aromatic rings. The number of aromatic nitrogens is 2. The SMILES string of the molecule is Cc1nc([N+](=O)[O-])c(Br)n1[C@@H](C)C(=O)O. The molecule has 0 fully saturated rings. The highest BCUT2D eigenvalue weighted by atomic mass is 79.9. The summed E-state index contributed by atoms with van der Waals surface area (Å²) in [6.07, 6.45) is 0. The van der Waals surface area contributed by atoms with Gasteiger partial charge in [0.15, 0.2) is 4.60 Å².